The highest BCUT2D eigenvalue weighted by atomic mass is 32.1. The van der Waals surface area contributed by atoms with Crippen LogP contribution in [0.5, 0.6) is 0 Å². The molecule has 31 heavy (non-hydrogen) atoms. The summed E-state index contributed by atoms with van der Waals surface area (Å²) in [6.45, 7) is 2.91. The normalized spacial score (nSPS) is 17.8. The van der Waals surface area contributed by atoms with E-state index >= 15 is 0 Å². The maximum atomic E-state index is 13.7. The summed E-state index contributed by atoms with van der Waals surface area (Å²) in [6, 6.07) is 10.1. The van der Waals surface area contributed by atoms with Crippen LogP contribution in [0.25, 0.3) is 0 Å². The molecule has 3 heterocycles. The number of amides is 1. The minimum atomic E-state index is -0.247. The number of hydrogen-bond donors (Lipinski definition) is 1. The zero-order chi connectivity index (χ0) is 21.2. The molecule has 7 heteroatoms. The molecule has 1 aromatic carbocycles. The molecule has 0 saturated carbocycles. The SMILES string of the molecule is O=C(Nc1sc2c(c1[C@H](c1ccc(F)cc1)N1CCOCC1)CCCC2)c1ccco1. The Morgan fingerprint density at radius 1 is 1.10 bits per heavy atom. The molecule has 0 bridgehead atoms. The Labute approximate surface area is 184 Å². The maximum Gasteiger partial charge on any atom is 0.291 e. The number of nitrogens with one attached hydrogen (secondary N) is 1. The quantitative estimate of drug-likeness (QED) is 0.604. The number of carbonyl (C=O) groups is 1. The van der Waals surface area contributed by atoms with Gasteiger partial charge in [-0.05, 0) is 61.1 Å². The fraction of sp³-hybridized carbons (Fsp3) is 0.375. The van der Waals surface area contributed by atoms with Crippen LogP contribution in [0, 0.1) is 5.82 Å². The molecule has 1 atom stereocenters. The van der Waals surface area contributed by atoms with E-state index < -0.39 is 0 Å². The first-order chi connectivity index (χ1) is 15.2. The zero-order valence-corrected chi connectivity index (χ0v) is 18.1. The first-order valence-electron chi connectivity index (χ1n) is 10.8. The molecule has 2 aliphatic rings. The Bertz CT molecular complexity index is 1040. The van der Waals surface area contributed by atoms with Gasteiger partial charge in [-0.3, -0.25) is 9.69 Å². The van der Waals surface area contributed by atoms with Crippen molar-refractivity contribution in [3.8, 4) is 0 Å². The molecule has 1 fully saturated rings. The zero-order valence-electron chi connectivity index (χ0n) is 17.2. The number of aryl methyl sites for hydroxylation is 1. The Morgan fingerprint density at radius 3 is 2.61 bits per heavy atom. The summed E-state index contributed by atoms with van der Waals surface area (Å²) >= 11 is 1.67. The van der Waals surface area contributed by atoms with E-state index in [2.05, 4.69) is 10.2 Å². The monoisotopic (exact) mass is 440 g/mol. The Morgan fingerprint density at radius 2 is 1.87 bits per heavy atom. The van der Waals surface area contributed by atoms with Crippen molar-refractivity contribution >= 4 is 22.2 Å². The Kier molecular flexibility index (Phi) is 5.89. The predicted octanol–water partition coefficient (Wildman–Crippen LogP) is 5.03. The first kappa shape index (κ1) is 20.4. The summed E-state index contributed by atoms with van der Waals surface area (Å²) in [7, 11) is 0. The van der Waals surface area contributed by atoms with Crippen LogP contribution in [0.3, 0.4) is 0 Å². The van der Waals surface area contributed by atoms with Crippen molar-refractivity contribution in [1.82, 2.24) is 4.90 Å². The van der Waals surface area contributed by atoms with Crippen LogP contribution in [0.2, 0.25) is 0 Å². The van der Waals surface area contributed by atoms with Crippen LogP contribution >= 0.6 is 11.3 Å². The smallest absolute Gasteiger partial charge is 0.291 e. The molecular formula is C24H25FN2O3S. The third kappa shape index (κ3) is 4.18. The number of halogens is 1. The molecule has 1 saturated heterocycles. The van der Waals surface area contributed by atoms with E-state index in [0.717, 1.165) is 54.9 Å². The van der Waals surface area contributed by atoms with Gasteiger partial charge in [-0.2, -0.15) is 0 Å². The second-order valence-electron chi connectivity index (χ2n) is 7.99. The molecule has 1 amide bonds. The van der Waals surface area contributed by atoms with Gasteiger partial charge in [0.15, 0.2) is 5.76 Å². The van der Waals surface area contributed by atoms with Crippen LogP contribution in [0.4, 0.5) is 9.39 Å². The van der Waals surface area contributed by atoms with E-state index in [4.69, 9.17) is 9.15 Å². The van der Waals surface area contributed by atoms with Crippen LogP contribution in [-0.4, -0.2) is 37.1 Å². The van der Waals surface area contributed by atoms with Gasteiger partial charge in [0.05, 0.1) is 25.5 Å². The third-order valence-electron chi connectivity index (χ3n) is 6.05. The van der Waals surface area contributed by atoms with Gasteiger partial charge in [0.25, 0.3) is 5.91 Å². The minimum Gasteiger partial charge on any atom is -0.459 e. The molecule has 3 aromatic rings. The number of hydrogen-bond acceptors (Lipinski definition) is 5. The van der Waals surface area contributed by atoms with Crippen molar-refractivity contribution in [3.05, 3.63) is 75.8 Å². The molecule has 0 spiro atoms. The molecule has 0 unspecified atom stereocenters. The number of benzene rings is 1. The van der Waals surface area contributed by atoms with Crippen LogP contribution in [-0.2, 0) is 17.6 Å². The van der Waals surface area contributed by atoms with Gasteiger partial charge in [0.2, 0.25) is 0 Å². The van der Waals surface area contributed by atoms with Gasteiger partial charge >= 0.3 is 0 Å². The fourth-order valence-corrected chi connectivity index (χ4v) is 5.90. The van der Waals surface area contributed by atoms with Gasteiger partial charge in [-0.25, -0.2) is 4.39 Å². The van der Waals surface area contributed by atoms with Crippen molar-refractivity contribution in [3.63, 3.8) is 0 Å². The maximum absolute atomic E-state index is 13.7. The number of thiophene rings is 1. The average Bonchev–Trinajstić information content (AvgIpc) is 3.45. The largest absolute Gasteiger partial charge is 0.459 e. The molecule has 0 radical (unpaired) electrons. The highest BCUT2D eigenvalue weighted by Gasteiger charge is 2.33. The molecular weight excluding hydrogens is 415 g/mol. The summed E-state index contributed by atoms with van der Waals surface area (Å²) in [5, 5.41) is 3.99. The van der Waals surface area contributed by atoms with Crippen molar-refractivity contribution in [2.45, 2.75) is 31.7 Å². The van der Waals surface area contributed by atoms with Crippen molar-refractivity contribution in [1.29, 1.82) is 0 Å². The van der Waals surface area contributed by atoms with E-state index in [-0.39, 0.29) is 17.8 Å². The number of ether oxygens (including phenoxy) is 1. The van der Waals surface area contributed by atoms with Gasteiger partial charge < -0.3 is 14.5 Å². The highest BCUT2D eigenvalue weighted by Crippen LogP contribution is 2.45. The Balaban J connectivity index is 1.60. The number of morpholine rings is 1. The Hall–Kier alpha value is -2.48. The number of furan rings is 1. The number of rotatable bonds is 5. The fourth-order valence-electron chi connectivity index (χ4n) is 4.59. The number of fused-ring (bicyclic) bond motifs is 1. The summed E-state index contributed by atoms with van der Waals surface area (Å²) in [6.07, 6.45) is 5.84. The summed E-state index contributed by atoms with van der Waals surface area (Å²) in [4.78, 5) is 16.6. The first-order valence-corrected chi connectivity index (χ1v) is 11.6. The van der Waals surface area contributed by atoms with Crippen molar-refractivity contribution in [2.24, 2.45) is 0 Å². The minimum absolute atomic E-state index is 0.0606. The van der Waals surface area contributed by atoms with E-state index in [9.17, 15) is 9.18 Å². The van der Waals surface area contributed by atoms with E-state index in [0.29, 0.717) is 19.0 Å². The predicted molar refractivity (Wildman–Crippen MR) is 118 cm³/mol. The number of carbonyl (C=O) groups excluding carboxylic acids is 1. The number of nitrogens with zero attached hydrogens (tertiary/aromatic N) is 1. The molecule has 5 rings (SSSR count). The molecule has 5 nitrogen and oxygen atoms in total. The lowest BCUT2D eigenvalue weighted by Gasteiger charge is -2.36. The molecule has 162 valence electrons. The van der Waals surface area contributed by atoms with E-state index in [1.807, 2.05) is 12.1 Å². The summed E-state index contributed by atoms with van der Waals surface area (Å²) < 4.78 is 24.6. The third-order valence-corrected chi connectivity index (χ3v) is 7.28. The van der Waals surface area contributed by atoms with E-state index in [1.165, 1.54) is 28.8 Å². The highest BCUT2D eigenvalue weighted by molar-refractivity contribution is 7.16. The number of anilines is 1. The molecule has 2 aromatic heterocycles. The lowest BCUT2D eigenvalue weighted by Crippen LogP contribution is -2.40. The summed E-state index contributed by atoms with van der Waals surface area (Å²) in [5.41, 5.74) is 3.52. The van der Waals surface area contributed by atoms with Gasteiger partial charge in [0, 0.05) is 23.5 Å². The van der Waals surface area contributed by atoms with Crippen molar-refractivity contribution < 1.29 is 18.3 Å². The second-order valence-corrected chi connectivity index (χ2v) is 9.09. The van der Waals surface area contributed by atoms with Gasteiger partial charge in [-0.15, -0.1) is 11.3 Å². The van der Waals surface area contributed by atoms with Crippen LogP contribution < -0.4 is 5.32 Å². The lowest BCUT2D eigenvalue weighted by atomic mass is 9.88. The molecule has 1 N–H and O–H groups in total. The van der Waals surface area contributed by atoms with Crippen LogP contribution in [0.1, 0.15) is 51.0 Å². The standard InChI is InChI=1S/C24H25FN2O3S/c25-17-9-7-16(8-10-17)22(27-11-14-29-15-12-27)21-18-4-1-2-6-20(18)31-24(21)26-23(28)19-5-3-13-30-19/h3,5,7-10,13,22H,1-2,4,6,11-12,14-15H2,(H,26,28)/t22-/m0/s1. The van der Waals surface area contributed by atoms with Crippen molar-refractivity contribution in [2.75, 3.05) is 31.6 Å². The average molecular weight is 441 g/mol. The van der Waals surface area contributed by atoms with E-state index in [1.54, 1.807) is 23.5 Å². The topological polar surface area (TPSA) is 54.7 Å². The second kappa shape index (κ2) is 8.94. The lowest BCUT2D eigenvalue weighted by molar-refractivity contribution is 0.0239. The van der Waals surface area contributed by atoms with Crippen LogP contribution in [0.15, 0.2) is 47.1 Å². The van der Waals surface area contributed by atoms with Gasteiger partial charge in [0.1, 0.15) is 10.8 Å². The summed E-state index contributed by atoms with van der Waals surface area (Å²) in [5.74, 6) is -0.199. The molecule has 1 aliphatic carbocycles. The molecule has 1 aliphatic heterocycles. The van der Waals surface area contributed by atoms with Gasteiger partial charge in [-0.1, -0.05) is 12.1 Å².